The molecule has 1 saturated carbocycles. The molecule has 124 valence electrons. The molecular weight excluding hydrogens is 310 g/mol. The van der Waals surface area contributed by atoms with Crippen LogP contribution in [-0.2, 0) is 4.74 Å². The molecule has 1 aromatic rings. The van der Waals surface area contributed by atoms with Gasteiger partial charge in [-0.1, -0.05) is 23.7 Å². The quantitative estimate of drug-likeness (QED) is 0.668. The molecule has 2 aliphatic heterocycles. The zero-order chi connectivity index (χ0) is 15.9. The van der Waals surface area contributed by atoms with E-state index in [2.05, 4.69) is 27.3 Å². The van der Waals surface area contributed by atoms with Crippen LogP contribution in [0.4, 0.5) is 0 Å². The third-order valence-corrected chi connectivity index (χ3v) is 5.75. The number of aliphatic imine (C=N–C) groups is 1. The van der Waals surface area contributed by atoms with Crippen LogP contribution >= 0.6 is 11.6 Å². The monoisotopic (exact) mass is 333 g/mol. The normalized spacial score (nSPS) is 33.5. The van der Waals surface area contributed by atoms with Gasteiger partial charge in [-0.3, -0.25) is 4.99 Å². The minimum absolute atomic E-state index is 0.369. The van der Waals surface area contributed by atoms with Gasteiger partial charge in [0.25, 0.3) is 0 Å². The number of guanidine groups is 1. The number of ether oxygens (including phenoxy) is 1. The Hall–Kier alpha value is -1.26. The molecule has 3 fully saturated rings. The SMILES string of the molecule is CN=C(NC1CC1c1cccc(Cl)c1)N1CCC2(CCOC2)C1. The summed E-state index contributed by atoms with van der Waals surface area (Å²) in [7, 11) is 1.88. The number of likely N-dealkylation sites (tertiary alicyclic amines) is 1. The highest BCUT2D eigenvalue weighted by atomic mass is 35.5. The van der Waals surface area contributed by atoms with Crippen LogP contribution in [0.3, 0.4) is 0 Å². The van der Waals surface area contributed by atoms with Crippen LogP contribution in [-0.4, -0.2) is 50.3 Å². The average molecular weight is 334 g/mol. The summed E-state index contributed by atoms with van der Waals surface area (Å²) in [6.45, 7) is 3.98. The number of benzene rings is 1. The van der Waals surface area contributed by atoms with E-state index in [1.807, 2.05) is 19.2 Å². The van der Waals surface area contributed by atoms with Gasteiger partial charge in [0.1, 0.15) is 0 Å². The summed E-state index contributed by atoms with van der Waals surface area (Å²) in [5.74, 6) is 1.60. The molecule has 1 spiro atoms. The van der Waals surface area contributed by atoms with Crippen molar-refractivity contribution in [1.29, 1.82) is 0 Å². The van der Waals surface area contributed by atoms with Crippen molar-refractivity contribution in [2.45, 2.75) is 31.2 Å². The van der Waals surface area contributed by atoms with Gasteiger partial charge >= 0.3 is 0 Å². The van der Waals surface area contributed by atoms with Crippen molar-refractivity contribution in [1.82, 2.24) is 10.2 Å². The smallest absolute Gasteiger partial charge is 0.193 e. The number of halogens is 1. The van der Waals surface area contributed by atoms with Crippen LogP contribution in [0.1, 0.15) is 30.7 Å². The Kier molecular flexibility index (Phi) is 3.98. The van der Waals surface area contributed by atoms with Crippen LogP contribution in [0.15, 0.2) is 29.3 Å². The molecule has 1 N–H and O–H groups in total. The molecule has 0 aromatic heterocycles. The van der Waals surface area contributed by atoms with Crippen molar-refractivity contribution in [3.8, 4) is 0 Å². The van der Waals surface area contributed by atoms with E-state index in [-0.39, 0.29) is 0 Å². The lowest BCUT2D eigenvalue weighted by molar-refractivity contribution is 0.156. The first-order chi connectivity index (χ1) is 11.2. The number of rotatable bonds is 2. The average Bonchev–Trinajstić information content (AvgIpc) is 2.98. The van der Waals surface area contributed by atoms with Crippen LogP contribution in [0.5, 0.6) is 0 Å². The molecule has 3 atom stereocenters. The fourth-order valence-electron chi connectivity index (χ4n) is 4.01. The molecule has 5 heteroatoms. The third kappa shape index (κ3) is 3.07. The highest BCUT2D eigenvalue weighted by Crippen LogP contribution is 2.42. The molecule has 4 rings (SSSR count). The first kappa shape index (κ1) is 15.3. The van der Waals surface area contributed by atoms with Crippen molar-refractivity contribution in [3.63, 3.8) is 0 Å². The molecule has 3 unspecified atom stereocenters. The molecule has 1 aliphatic carbocycles. The van der Waals surface area contributed by atoms with Crippen molar-refractivity contribution in [2.75, 3.05) is 33.4 Å². The third-order valence-electron chi connectivity index (χ3n) is 5.52. The largest absolute Gasteiger partial charge is 0.381 e. The van der Waals surface area contributed by atoms with Crippen molar-refractivity contribution in [2.24, 2.45) is 10.4 Å². The van der Waals surface area contributed by atoms with Crippen LogP contribution < -0.4 is 5.32 Å². The van der Waals surface area contributed by atoms with Gasteiger partial charge in [0.05, 0.1) is 6.61 Å². The molecule has 2 heterocycles. The summed E-state index contributed by atoms with van der Waals surface area (Å²) >= 11 is 6.11. The Bertz CT molecular complexity index is 612. The molecule has 3 aliphatic rings. The number of nitrogens with zero attached hydrogens (tertiary/aromatic N) is 2. The second-order valence-electron chi connectivity index (χ2n) is 7.17. The van der Waals surface area contributed by atoms with Crippen LogP contribution in [0.25, 0.3) is 0 Å². The zero-order valence-electron chi connectivity index (χ0n) is 13.6. The van der Waals surface area contributed by atoms with Crippen molar-refractivity contribution < 1.29 is 4.74 Å². The lowest BCUT2D eigenvalue weighted by Crippen LogP contribution is -2.42. The Morgan fingerprint density at radius 3 is 3.09 bits per heavy atom. The summed E-state index contributed by atoms with van der Waals surface area (Å²) in [5.41, 5.74) is 1.70. The van der Waals surface area contributed by atoms with Gasteiger partial charge in [-0.15, -0.1) is 0 Å². The van der Waals surface area contributed by atoms with E-state index in [1.54, 1.807) is 0 Å². The molecule has 0 amide bonds. The summed E-state index contributed by atoms with van der Waals surface area (Å²) in [4.78, 5) is 6.92. The minimum Gasteiger partial charge on any atom is -0.381 e. The summed E-state index contributed by atoms with van der Waals surface area (Å²) < 4.78 is 5.62. The number of hydrogen-bond acceptors (Lipinski definition) is 2. The Morgan fingerprint density at radius 1 is 1.43 bits per heavy atom. The first-order valence-electron chi connectivity index (χ1n) is 8.51. The Labute approximate surface area is 142 Å². The summed E-state index contributed by atoms with van der Waals surface area (Å²) in [5, 5.41) is 4.47. The fourth-order valence-corrected chi connectivity index (χ4v) is 4.21. The molecule has 0 radical (unpaired) electrons. The number of hydrogen-bond donors (Lipinski definition) is 1. The zero-order valence-corrected chi connectivity index (χ0v) is 14.4. The molecular formula is C18H24ClN3O. The Balaban J connectivity index is 1.37. The van der Waals surface area contributed by atoms with Gasteiger partial charge in [-0.2, -0.15) is 0 Å². The standard InChI is InChI=1S/C18H24ClN3O/c1-20-17(22-7-5-18(11-22)6-8-23-12-18)21-16-10-15(16)13-3-2-4-14(19)9-13/h2-4,9,15-16H,5-8,10-12H2,1H3,(H,20,21). The maximum Gasteiger partial charge on any atom is 0.193 e. The van der Waals surface area contributed by atoms with E-state index < -0.39 is 0 Å². The van der Waals surface area contributed by atoms with Gasteiger partial charge in [-0.05, 0) is 37.0 Å². The predicted molar refractivity (Wildman–Crippen MR) is 93.2 cm³/mol. The highest BCUT2D eigenvalue weighted by molar-refractivity contribution is 6.30. The van der Waals surface area contributed by atoms with Gasteiger partial charge in [0, 0.05) is 49.1 Å². The maximum absolute atomic E-state index is 6.11. The van der Waals surface area contributed by atoms with E-state index in [1.165, 1.54) is 18.4 Å². The second kappa shape index (κ2) is 5.99. The summed E-state index contributed by atoms with van der Waals surface area (Å²) in [6.07, 6.45) is 3.56. The predicted octanol–water partition coefficient (Wildman–Crippen LogP) is 2.88. The molecule has 23 heavy (non-hydrogen) atoms. The van der Waals surface area contributed by atoms with Gasteiger partial charge < -0.3 is 15.0 Å². The number of nitrogens with one attached hydrogen (secondary N) is 1. The van der Waals surface area contributed by atoms with Crippen molar-refractivity contribution >= 4 is 17.6 Å². The minimum atomic E-state index is 0.369. The van der Waals surface area contributed by atoms with E-state index >= 15 is 0 Å². The van der Waals surface area contributed by atoms with Crippen molar-refractivity contribution in [3.05, 3.63) is 34.9 Å². The lowest BCUT2D eigenvalue weighted by atomic mass is 9.87. The molecule has 2 saturated heterocycles. The fraction of sp³-hybridized carbons (Fsp3) is 0.611. The molecule has 1 aromatic carbocycles. The second-order valence-corrected chi connectivity index (χ2v) is 7.61. The lowest BCUT2D eigenvalue weighted by Gasteiger charge is -2.25. The molecule has 4 nitrogen and oxygen atoms in total. The topological polar surface area (TPSA) is 36.9 Å². The molecule has 0 bridgehead atoms. The van der Waals surface area contributed by atoms with Crippen LogP contribution in [0.2, 0.25) is 5.02 Å². The summed E-state index contributed by atoms with van der Waals surface area (Å²) in [6, 6.07) is 8.69. The maximum atomic E-state index is 6.11. The van der Waals surface area contributed by atoms with Crippen LogP contribution in [0, 0.1) is 5.41 Å². The van der Waals surface area contributed by atoms with E-state index in [0.717, 1.165) is 43.7 Å². The van der Waals surface area contributed by atoms with E-state index in [9.17, 15) is 0 Å². The van der Waals surface area contributed by atoms with Gasteiger partial charge in [0.15, 0.2) is 5.96 Å². The van der Waals surface area contributed by atoms with E-state index in [0.29, 0.717) is 17.4 Å². The van der Waals surface area contributed by atoms with Gasteiger partial charge in [-0.25, -0.2) is 0 Å². The Morgan fingerprint density at radius 2 is 2.35 bits per heavy atom. The van der Waals surface area contributed by atoms with E-state index in [4.69, 9.17) is 16.3 Å². The first-order valence-corrected chi connectivity index (χ1v) is 8.88. The van der Waals surface area contributed by atoms with Gasteiger partial charge in [0.2, 0.25) is 0 Å². The highest BCUT2D eigenvalue weighted by Gasteiger charge is 2.44.